The van der Waals surface area contributed by atoms with E-state index in [0.29, 0.717) is 54.8 Å². The molecule has 2 heterocycles. The van der Waals surface area contributed by atoms with Crippen molar-refractivity contribution in [2.45, 2.75) is 0 Å². The number of aromatic nitrogens is 1. The van der Waals surface area contributed by atoms with Crippen molar-refractivity contribution in [1.82, 2.24) is 9.88 Å². The first-order valence-electron chi connectivity index (χ1n) is 12.6. The van der Waals surface area contributed by atoms with Gasteiger partial charge in [0.2, 0.25) is 5.69 Å². The van der Waals surface area contributed by atoms with Crippen LogP contribution in [0.5, 0.6) is 17.2 Å². The minimum atomic E-state index is -0.970. The van der Waals surface area contributed by atoms with E-state index >= 15 is 0 Å². The number of hydrogen-bond acceptors (Lipinski definition) is 6. The summed E-state index contributed by atoms with van der Waals surface area (Å²) >= 11 is 0. The Morgan fingerprint density at radius 2 is 1.71 bits per heavy atom. The SMILES string of the molecule is [C-]#[N+]c1cc2c(Oc3ccc(NC(=O)Nc4ccc(F)cc4F)c(F)c3)ccnc2cc1OCCN1CCOCC1. The smallest absolute Gasteiger partial charge is 0.323 e. The van der Waals surface area contributed by atoms with Crippen molar-refractivity contribution in [3.8, 4) is 17.2 Å². The van der Waals surface area contributed by atoms with Crippen molar-refractivity contribution in [3.05, 3.63) is 89.7 Å². The fourth-order valence-corrected chi connectivity index (χ4v) is 4.19. The molecule has 3 aromatic carbocycles. The largest absolute Gasteiger partial charge is 0.503 e. The minimum Gasteiger partial charge on any atom is -0.503 e. The lowest BCUT2D eigenvalue weighted by Gasteiger charge is -2.26. The van der Waals surface area contributed by atoms with Gasteiger partial charge < -0.3 is 24.8 Å². The van der Waals surface area contributed by atoms with Crippen molar-refractivity contribution in [3.63, 3.8) is 0 Å². The highest BCUT2D eigenvalue weighted by molar-refractivity contribution is 6.00. The van der Waals surface area contributed by atoms with E-state index in [0.717, 1.165) is 31.3 Å². The summed E-state index contributed by atoms with van der Waals surface area (Å²) in [5, 5.41) is 5.00. The Kier molecular flexibility index (Phi) is 8.47. The monoisotopic (exact) mass is 563 g/mol. The van der Waals surface area contributed by atoms with Crippen LogP contribution in [-0.2, 0) is 4.74 Å². The molecule has 2 N–H and O–H groups in total. The second-order valence-electron chi connectivity index (χ2n) is 9.01. The van der Waals surface area contributed by atoms with Gasteiger partial charge in [-0.25, -0.2) is 22.8 Å². The van der Waals surface area contributed by atoms with Crippen molar-refractivity contribution < 1.29 is 32.2 Å². The molecule has 0 spiro atoms. The van der Waals surface area contributed by atoms with Gasteiger partial charge in [0.25, 0.3) is 0 Å². The van der Waals surface area contributed by atoms with Crippen LogP contribution in [0.4, 0.5) is 35.0 Å². The fourth-order valence-electron chi connectivity index (χ4n) is 4.19. The van der Waals surface area contributed by atoms with Gasteiger partial charge >= 0.3 is 6.03 Å². The Morgan fingerprint density at radius 1 is 0.976 bits per heavy atom. The maximum Gasteiger partial charge on any atom is 0.323 e. The van der Waals surface area contributed by atoms with Gasteiger partial charge in [-0.05, 0) is 42.5 Å². The summed E-state index contributed by atoms with van der Waals surface area (Å²) in [7, 11) is 0. The average Bonchev–Trinajstić information content (AvgIpc) is 2.96. The van der Waals surface area contributed by atoms with Gasteiger partial charge in [0, 0.05) is 43.4 Å². The highest BCUT2D eigenvalue weighted by Gasteiger charge is 2.15. The van der Waals surface area contributed by atoms with Crippen LogP contribution >= 0.6 is 0 Å². The number of halogens is 3. The van der Waals surface area contributed by atoms with Gasteiger partial charge in [0.1, 0.15) is 34.7 Å². The number of nitrogens with one attached hydrogen (secondary N) is 2. The number of anilines is 2. The Bertz CT molecular complexity index is 1620. The number of rotatable bonds is 8. The highest BCUT2D eigenvalue weighted by atomic mass is 19.1. The number of pyridine rings is 1. The summed E-state index contributed by atoms with van der Waals surface area (Å²) in [4.78, 5) is 22.4. The van der Waals surface area contributed by atoms with Crippen LogP contribution in [0.3, 0.4) is 0 Å². The van der Waals surface area contributed by atoms with Crippen molar-refractivity contribution in [2.24, 2.45) is 0 Å². The Hall–Kier alpha value is -4.86. The molecular formula is C29H24F3N5O4. The lowest BCUT2D eigenvalue weighted by molar-refractivity contribution is 0.0323. The summed E-state index contributed by atoms with van der Waals surface area (Å²) in [5.74, 6) is -1.71. The third-order valence-electron chi connectivity index (χ3n) is 6.27. The number of amides is 2. The van der Waals surface area contributed by atoms with Crippen molar-refractivity contribution in [2.75, 3.05) is 50.1 Å². The zero-order valence-corrected chi connectivity index (χ0v) is 21.6. The molecule has 4 aromatic rings. The molecule has 210 valence electrons. The molecular weight excluding hydrogens is 539 g/mol. The van der Waals surface area contributed by atoms with Crippen LogP contribution in [0.2, 0.25) is 0 Å². The summed E-state index contributed by atoms with van der Waals surface area (Å²) in [6, 6.07) is 10.4. The molecule has 0 unspecified atom stereocenters. The molecule has 0 bridgehead atoms. The second-order valence-corrected chi connectivity index (χ2v) is 9.01. The number of benzene rings is 3. The van der Waals surface area contributed by atoms with Crippen LogP contribution in [0.25, 0.3) is 15.7 Å². The van der Waals surface area contributed by atoms with Crippen LogP contribution in [-0.4, -0.2) is 55.4 Å². The average molecular weight is 564 g/mol. The summed E-state index contributed by atoms with van der Waals surface area (Å²) in [5.41, 5.74) is 0.357. The number of carbonyl (C=O) groups is 1. The molecule has 0 aliphatic carbocycles. The van der Waals surface area contributed by atoms with E-state index in [1.54, 1.807) is 18.2 Å². The maximum absolute atomic E-state index is 14.8. The number of nitrogens with zero attached hydrogens (tertiary/aromatic N) is 3. The molecule has 12 heteroatoms. The van der Waals surface area contributed by atoms with Crippen LogP contribution < -0.4 is 20.1 Å². The van der Waals surface area contributed by atoms with Crippen molar-refractivity contribution in [1.29, 1.82) is 0 Å². The number of morpholine rings is 1. The van der Waals surface area contributed by atoms with Gasteiger partial charge in [-0.1, -0.05) is 0 Å². The molecule has 9 nitrogen and oxygen atoms in total. The van der Waals surface area contributed by atoms with Gasteiger partial charge in [0.05, 0.1) is 43.3 Å². The molecule has 5 rings (SSSR count). The molecule has 0 saturated carbocycles. The first-order chi connectivity index (χ1) is 19.9. The highest BCUT2D eigenvalue weighted by Crippen LogP contribution is 2.37. The van der Waals surface area contributed by atoms with Gasteiger partial charge in [-0.3, -0.25) is 9.88 Å². The van der Waals surface area contributed by atoms with Crippen LogP contribution in [0.1, 0.15) is 0 Å². The minimum absolute atomic E-state index is 0.126. The molecule has 1 fully saturated rings. The first-order valence-corrected chi connectivity index (χ1v) is 12.6. The summed E-state index contributed by atoms with van der Waals surface area (Å²) < 4.78 is 58.8. The molecule has 1 aliphatic heterocycles. The lowest BCUT2D eigenvalue weighted by atomic mass is 10.1. The number of hydrogen-bond donors (Lipinski definition) is 2. The predicted octanol–water partition coefficient (Wildman–Crippen LogP) is 6.35. The molecule has 0 radical (unpaired) electrons. The predicted molar refractivity (Wildman–Crippen MR) is 146 cm³/mol. The van der Waals surface area contributed by atoms with Gasteiger partial charge in [-0.2, -0.15) is 0 Å². The van der Waals surface area contributed by atoms with E-state index in [9.17, 15) is 18.0 Å². The topological polar surface area (TPSA) is 89.3 Å². The Morgan fingerprint density at radius 3 is 2.41 bits per heavy atom. The van der Waals surface area contributed by atoms with E-state index in [2.05, 4.69) is 25.4 Å². The number of carbonyl (C=O) groups excluding carboxylic acids is 1. The zero-order valence-electron chi connectivity index (χ0n) is 21.6. The molecule has 1 saturated heterocycles. The third-order valence-corrected chi connectivity index (χ3v) is 6.27. The molecule has 1 aliphatic rings. The molecule has 2 amide bonds. The van der Waals surface area contributed by atoms with E-state index in [4.69, 9.17) is 20.8 Å². The second kappa shape index (κ2) is 12.5. The standard InChI is InChI=1S/C29H24F3N5O4/c1-33-26-16-20-25(17-28(26)40-13-10-37-8-11-39-12-9-37)34-7-6-27(20)41-19-3-5-24(22(32)15-19)36-29(38)35-23-4-2-18(30)14-21(23)31/h2-7,14-17H,8-13H2,(H2,35,36,38). The molecule has 1 aromatic heterocycles. The molecule has 41 heavy (non-hydrogen) atoms. The third kappa shape index (κ3) is 6.84. The normalized spacial score (nSPS) is 13.4. The first kappa shape index (κ1) is 27.7. The van der Waals surface area contributed by atoms with E-state index in [1.807, 2.05) is 0 Å². The number of urea groups is 1. The van der Waals surface area contributed by atoms with E-state index in [1.165, 1.54) is 18.3 Å². The molecule has 0 atom stereocenters. The van der Waals surface area contributed by atoms with Crippen LogP contribution in [0, 0.1) is 24.0 Å². The quantitative estimate of drug-likeness (QED) is 0.243. The zero-order chi connectivity index (χ0) is 28.8. The van der Waals surface area contributed by atoms with E-state index in [-0.39, 0.29) is 22.8 Å². The fraction of sp³-hybridized carbons (Fsp3) is 0.207. The summed E-state index contributed by atoms with van der Waals surface area (Å²) in [6.07, 6.45) is 1.53. The van der Waals surface area contributed by atoms with Crippen LogP contribution in [0.15, 0.2) is 60.8 Å². The Labute approximate surface area is 233 Å². The lowest BCUT2D eigenvalue weighted by Crippen LogP contribution is -2.38. The number of fused-ring (bicyclic) bond motifs is 1. The van der Waals surface area contributed by atoms with E-state index < -0.39 is 23.5 Å². The maximum atomic E-state index is 14.8. The van der Waals surface area contributed by atoms with Crippen molar-refractivity contribution >= 4 is 34.0 Å². The van der Waals surface area contributed by atoms with Gasteiger partial charge in [-0.15, -0.1) is 0 Å². The summed E-state index contributed by atoms with van der Waals surface area (Å²) in [6.45, 7) is 11.8. The van der Waals surface area contributed by atoms with Gasteiger partial charge in [0.15, 0.2) is 0 Å². The Balaban J connectivity index is 1.27. The number of ether oxygens (including phenoxy) is 3.